The van der Waals surface area contributed by atoms with Crippen molar-refractivity contribution in [1.29, 1.82) is 0 Å². The Hall–Kier alpha value is -1.95. The summed E-state index contributed by atoms with van der Waals surface area (Å²) in [7, 11) is 1.51. The summed E-state index contributed by atoms with van der Waals surface area (Å²) in [5.41, 5.74) is 0.455. The van der Waals surface area contributed by atoms with Gasteiger partial charge in [-0.25, -0.2) is 4.39 Å². The van der Waals surface area contributed by atoms with Gasteiger partial charge >= 0.3 is 0 Å². The number of aromatic nitrogens is 3. The zero-order valence-electron chi connectivity index (χ0n) is 9.98. The van der Waals surface area contributed by atoms with Gasteiger partial charge in [0.2, 0.25) is 0 Å². The Bertz CT molecular complexity index is 581. The normalized spacial score (nSPS) is 14.3. The number of fused-ring (bicyclic) bond motifs is 1. The lowest BCUT2D eigenvalue weighted by atomic mass is 10.2. The third-order valence-corrected chi connectivity index (χ3v) is 3.04. The second kappa shape index (κ2) is 4.38. The maximum Gasteiger partial charge on any atom is 0.167 e. The first-order valence-corrected chi connectivity index (χ1v) is 5.76. The molecule has 0 atom stereocenters. The van der Waals surface area contributed by atoms with E-state index in [4.69, 9.17) is 4.74 Å². The van der Waals surface area contributed by atoms with Crippen molar-refractivity contribution in [2.45, 2.75) is 13.1 Å². The van der Waals surface area contributed by atoms with Gasteiger partial charge in [0.1, 0.15) is 17.4 Å². The standard InChI is InChI=1S/C12H13FN4O/c1-18-8-2-3-9(10(13)6-8)12-16-15-11-7-14-4-5-17(11)12/h2-3,6,14H,4-5,7H2,1H3. The molecule has 0 radical (unpaired) electrons. The van der Waals surface area contributed by atoms with Crippen molar-refractivity contribution in [2.24, 2.45) is 0 Å². The first-order valence-electron chi connectivity index (χ1n) is 5.76. The molecule has 2 heterocycles. The molecule has 0 aliphatic carbocycles. The predicted octanol–water partition coefficient (Wildman–Crippen LogP) is 1.20. The molecule has 94 valence electrons. The van der Waals surface area contributed by atoms with E-state index in [1.165, 1.54) is 13.2 Å². The van der Waals surface area contributed by atoms with Gasteiger partial charge in [0, 0.05) is 19.2 Å². The quantitative estimate of drug-likeness (QED) is 0.867. The van der Waals surface area contributed by atoms with E-state index < -0.39 is 0 Å². The number of halogens is 1. The fourth-order valence-electron chi connectivity index (χ4n) is 2.10. The largest absolute Gasteiger partial charge is 0.497 e. The van der Waals surface area contributed by atoms with Crippen molar-refractivity contribution in [3.63, 3.8) is 0 Å². The molecule has 0 fully saturated rings. The molecule has 0 unspecified atom stereocenters. The summed E-state index contributed by atoms with van der Waals surface area (Å²) in [6.45, 7) is 2.27. The van der Waals surface area contributed by atoms with Crippen LogP contribution in [-0.2, 0) is 13.1 Å². The van der Waals surface area contributed by atoms with Crippen LogP contribution >= 0.6 is 0 Å². The van der Waals surface area contributed by atoms with Crippen LogP contribution in [0.5, 0.6) is 5.75 Å². The summed E-state index contributed by atoms with van der Waals surface area (Å²) >= 11 is 0. The van der Waals surface area contributed by atoms with Crippen molar-refractivity contribution in [3.8, 4) is 17.1 Å². The summed E-state index contributed by atoms with van der Waals surface area (Å²) in [5.74, 6) is 1.57. The van der Waals surface area contributed by atoms with Crippen LogP contribution in [-0.4, -0.2) is 28.4 Å². The molecular formula is C12H13FN4O. The van der Waals surface area contributed by atoms with Crippen LogP contribution in [0.2, 0.25) is 0 Å². The van der Waals surface area contributed by atoms with E-state index in [1.807, 2.05) is 4.57 Å². The monoisotopic (exact) mass is 248 g/mol. The van der Waals surface area contributed by atoms with Crippen LogP contribution in [0.3, 0.4) is 0 Å². The average Bonchev–Trinajstić information content (AvgIpc) is 2.82. The van der Waals surface area contributed by atoms with Crippen molar-refractivity contribution in [3.05, 3.63) is 29.8 Å². The third kappa shape index (κ3) is 1.74. The number of nitrogens with one attached hydrogen (secondary N) is 1. The summed E-state index contributed by atoms with van der Waals surface area (Å²) in [6.07, 6.45) is 0. The summed E-state index contributed by atoms with van der Waals surface area (Å²) < 4.78 is 20.9. The molecule has 5 nitrogen and oxygen atoms in total. The van der Waals surface area contributed by atoms with Crippen LogP contribution < -0.4 is 10.1 Å². The van der Waals surface area contributed by atoms with Crippen molar-refractivity contribution >= 4 is 0 Å². The molecule has 1 aromatic carbocycles. The summed E-state index contributed by atoms with van der Waals surface area (Å²) in [5, 5.41) is 11.3. The number of benzene rings is 1. The van der Waals surface area contributed by atoms with E-state index >= 15 is 0 Å². The van der Waals surface area contributed by atoms with E-state index in [0.29, 0.717) is 23.7 Å². The molecule has 3 rings (SSSR count). The molecule has 1 aliphatic rings. The molecule has 2 aromatic rings. The number of hydrogen-bond acceptors (Lipinski definition) is 4. The molecule has 18 heavy (non-hydrogen) atoms. The molecular weight excluding hydrogens is 235 g/mol. The van der Waals surface area contributed by atoms with Gasteiger partial charge in [-0.05, 0) is 12.1 Å². The number of methoxy groups -OCH3 is 1. The lowest BCUT2D eigenvalue weighted by molar-refractivity contribution is 0.411. The van der Waals surface area contributed by atoms with Gasteiger partial charge in [0.25, 0.3) is 0 Å². The zero-order chi connectivity index (χ0) is 12.5. The van der Waals surface area contributed by atoms with Gasteiger partial charge in [-0.15, -0.1) is 10.2 Å². The first-order chi connectivity index (χ1) is 8.79. The van der Waals surface area contributed by atoms with Crippen LogP contribution in [0, 0.1) is 5.82 Å². The SMILES string of the molecule is COc1ccc(-c2nnc3n2CCNC3)c(F)c1. The molecule has 0 amide bonds. The number of nitrogens with zero attached hydrogens (tertiary/aromatic N) is 3. The van der Waals surface area contributed by atoms with E-state index in [0.717, 1.165) is 18.9 Å². The van der Waals surface area contributed by atoms with Gasteiger partial charge in [-0.3, -0.25) is 0 Å². The summed E-state index contributed by atoms with van der Waals surface area (Å²) in [4.78, 5) is 0. The highest BCUT2D eigenvalue weighted by molar-refractivity contribution is 5.58. The predicted molar refractivity (Wildman–Crippen MR) is 63.7 cm³/mol. The molecule has 0 spiro atoms. The fourth-order valence-corrected chi connectivity index (χ4v) is 2.10. The Morgan fingerprint density at radius 1 is 1.39 bits per heavy atom. The fraction of sp³-hybridized carbons (Fsp3) is 0.333. The van der Waals surface area contributed by atoms with Gasteiger partial charge in [0.05, 0.1) is 19.2 Å². The maximum absolute atomic E-state index is 14.0. The highest BCUT2D eigenvalue weighted by atomic mass is 19.1. The first kappa shape index (κ1) is 11.2. The summed E-state index contributed by atoms with van der Waals surface area (Å²) in [6, 6.07) is 4.76. The van der Waals surface area contributed by atoms with Crippen LogP contribution in [0.25, 0.3) is 11.4 Å². The number of hydrogen-bond donors (Lipinski definition) is 1. The number of rotatable bonds is 2. The van der Waals surface area contributed by atoms with E-state index in [9.17, 15) is 4.39 Å². The van der Waals surface area contributed by atoms with Gasteiger partial charge in [0.15, 0.2) is 5.82 Å². The smallest absolute Gasteiger partial charge is 0.167 e. The van der Waals surface area contributed by atoms with Gasteiger partial charge < -0.3 is 14.6 Å². The molecule has 0 saturated heterocycles. The van der Waals surface area contributed by atoms with Crippen molar-refractivity contribution in [2.75, 3.05) is 13.7 Å². The van der Waals surface area contributed by atoms with Crippen LogP contribution in [0.1, 0.15) is 5.82 Å². The maximum atomic E-state index is 14.0. The third-order valence-electron chi connectivity index (χ3n) is 3.04. The second-order valence-electron chi connectivity index (χ2n) is 4.11. The lowest BCUT2D eigenvalue weighted by Gasteiger charge is -2.16. The van der Waals surface area contributed by atoms with Gasteiger partial charge in [-0.1, -0.05) is 0 Å². The Kier molecular flexibility index (Phi) is 2.71. The molecule has 6 heteroatoms. The van der Waals surface area contributed by atoms with E-state index in [1.54, 1.807) is 12.1 Å². The highest BCUT2D eigenvalue weighted by Gasteiger charge is 2.19. The highest BCUT2D eigenvalue weighted by Crippen LogP contribution is 2.25. The molecule has 1 aliphatic heterocycles. The van der Waals surface area contributed by atoms with Crippen LogP contribution in [0.4, 0.5) is 4.39 Å². The molecule has 0 bridgehead atoms. The minimum Gasteiger partial charge on any atom is -0.497 e. The van der Waals surface area contributed by atoms with E-state index in [-0.39, 0.29) is 5.82 Å². The van der Waals surface area contributed by atoms with Crippen molar-refractivity contribution < 1.29 is 9.13 Å². The van der Waals surface area contributed by atoms with Gasteiger partial charge in [-0.2, -0.15) is 0 Å². The average molecular weight is 248 g/mol. The Morgan fingerprint density at radius 3 is 3.06 bits per heavy atom. The van der Waals surface area contributed by atoms with Crippen molar-refractivity contribution in [1.82, 2.24) is 20.1 Å². The van der Waals surface area contributed by atoms with E-state index in [2.05, 4.69) is 15.5 Å². The lowest BCUT2D eigenvalue weighted by Crippen LogP contribution is -2.28. The molecule has 0 saturated carbocycles. The Balaban J connectivity index is 2.07. The minimum absolute atomic E-state index is 0.344. The minimum atomic E-state index is -0.344. The van der Waals surface area contributed by atoms with Crippen LogP contribution in [0.15, 0.2) is 18.2 Å². The molecule has 1 aromatic heterocycles. The Morgan fingerprint density at radius 2 is 2.28 bits per heavy atom. The topological polar surface area (TPSA) is 52.0 Å². The molecule has 1 N–H and O–H groups in total. The second-order valence-corrected chi connectivity index (χ2v) is 4.11. The number of ether oxygens (including phenoxy) is 1. The zero-order valence-corrected chi connectivity index (χ0v) is 9.98. The Labute approximate surface area is 104 Å².